The number of aromatic carboxylic acids is 1. The van der Waals surface area contributed by atoms with Crippen molar-refractivity contribution < 1.29 is 14.4 Å². The molecule has 1 N–H and O–H groups in total. The number of nitrogens with zero attached hydrogens (tertiary/aromatic N) is 1. The first-order chi connectivity index (χ1) is 7.72. The Labute approximate surface area is 92.5 Å². The smallest absolute Gasteiger partial charge is 0.335 e. The van der Waals surface area contributed by atoms with Crippen molar-refractivity contribution in [3.8, 4) is 11.1 Å². The van der Waals surface area contributed by atoms with Gasteiger partial charge in [0.05, 0.1) is 11.8 Å². The molecule has 0 atom stereocenters. The quantitative estimate of drug-likeness (QED) is 0.858. The molecule has 0 aliphatic carbocycles. The summed E-state index contributed by atoms with van der Waals surface area (Å²) in [6.07, 6.45) is 2.34. The molecular formula is C12H11NO3. The first kappa shape index (κ1) is 10.4. The van der Waals surface area contributed by atoms with Gasteiger partial charge in [0.15, 0.2) is 0 Å². The topological polar surface area (TPSA) is 63.3 Å². The Bertz CT molecular complexity index is 516. The van der Waals surface area contributed by atoms with Crippen LogP contribution in [-0.2, 0) is 6.42 Å². The van der Waals surface area contributed by atoms with Crippen LogP contribution in [0.25, 0.3) is 11.1 Å². The number of hydrogen-bond donors (Lipinski definition) is 1. The lowest BCUT2D eigenvalue weighted by molar-refractivity contribution is 0.0697. The second-order valence-corrected chi connectivity index (χ2v) is 3.40. The second-order valence-electron chi connectivity index (χ2n) is 3.40. The van der Waals surface area contributed by atoms with Gasteiger partial charge in [0.1, 0.15) is 5.76 Å². The summed E-state index contributed by atoms with van der Waals surface area (Å²) in [7, 11) is 0. The molecule has 0 radical (unpaired) electrons. The molecule has 0 spiro atoms. The highest BCUT2D eigenvalue weighted by atomic mass is 16.5. The first-order valence-corrected chi connectivity index (χ1v) is 4.99. The van der Waals surface area contributed by atoms with E-state index >= 15 is 0 Å². The maximum Gasteiger partial charge on any atom is 0.335 e. The molecular weight excluding hydrogens is 206 g/mol. The zero-order chi connectivity index (χ0) is 11.5. The first-order valence-electron chi connectivity index (χ1n) is 4.99. The third-order valence-electron chi connectivity index (χ3n) is 2.39. The lowest BCUT2D eigenvalue weighted by atomic mass is 10.0. The molecule has 0 aliphatic heterocycles. The van der Waals surface area contributed by atoms with E-state index in [1.54, 1.807) is 24.4 Å². The maximum absolute atomic E-state index is 10.8. The Kier molecular flexibility index (Phi) is 2.72. The molecule has 2 aromatic rings. The van der Waals surface area contributed by atoms with Crippen LogP contribution in [0.5, 0.6) is 0 Å². The van der Waals surface area contributed by atoms with E-state index in [-0.39, 0.29) is 5.56 Å². The molecule has 0 amide bonds. The van der Waals surface area contributed by atoms with E-state index in [9.17, 15) is 4.79 Å². The number of aromatic nitrogens is 1. The minimum Gasteiger partial charge on any atom is -0.478 e. The Hall–Kier alpha value is -2.10. The van der Waals surface area contributed by atoms with Crippen molar-refractivity contribution in [3.05, 3.63) is 41.8 Å². The summed E-state index contributed by atoms with van der Waals surface area (Å²) >= 11 is 0. The van der Waals surface area contributed by atoms with Gasteiger partial charge in [-0.3, -0.25) is 0 Å². The zero-order valence-corrected chi connectivity index (χ0v) is 8.80. The van der Waals surface area contributed by atoms with Gasteiger partial charge in [0, 0.05) is 12.0 Å². The molecule has 2 rings (SSSR count). The fourth-order valence-electron chi connectivity index (χ4n) is 1.57. The summed E-state index contributed by atoms with van der Waals surface area (Å²) in [5.74, 6) is -0.168. The Balaban J connectivity index is 2.48. The summed E-state index contributed by atoms with van der Waals surface area (Å²) < 4.78 is 5.07. The molecule has 1 heterocycles. The van der Waals surface area contributed by atoms with Crippen LogP contribution >= 0.6 is 0 Å². The monoisotopic (exact) mass is 217 g/mol. The highest BCUT2D eigenvalue weighted by molar-refractivity contribution is 5.89. The van der Waals surface area contributed by atoms with Gasteiger partial charge >= 0.3 is 5.97 Å². The van der Waals surface area contributed by atoms with E-state index in [1.165, 1.54) is 0 Å². The minimum absolute atomic E-state index is 0.265. The Morgan fingerprint density at radius 3 is 3.00 bits per heavy atom. The number of carboxylic acids is 1. The number of hydrogen-bond acceptors (Lipinski definition) is 3. The molecule has 16 heavy (non-hydrogen) atoms. The average molecular weight is 217 g/mol. The molecule has 82 valence electrons. The van der Waals surface area contributed by atoms with Gasteiger partial charge in [-0.05, 0) is 17.7 Å². The Morgan fingerprint density at radius 1 is 1.50 bits per heavy atom. The van der Waals surface area contributed by atoms with Gasteiger partial charge in [-0.1, -0.05) is 24.2 Å². The van der Waals surface area contributed by atoms with E-state index in [0.717, 1.165) is 23.3 Å². The molecule has 1 aromatic heterocycles. The van der Waals surface area contributed by atoms with Crippen LogP contribution in [0, 0.1) is 0 Å². The van der Waals surface area contributed by atoms with Crippen LogP contribution in [-0.4, -0.2) is 16.2 Å². The maximum atomic E-state index is 10.8. The van der Waals surface area contributed by atoms with Gasteiger partial charge in [0.2, 0.25) is 0 Å². The van der Waals surface area contributed by atoms with Gasteiger partial charge in [0.25, 0.3) is 0 Å². The molecule has 0 unspecified atom stereocenters. The van der Waals surface area contributed by atoms with Crippen molar-refractivity contribution in [3.63, 3.8) is 0 Å². The average Bonchev–Trinajstić information content (AvgIpc) is 2.77. The number of rotatable bonds is 3. The third kappa shape index (κ3) is 1.82. The van der Waals surface area contributed by atoms with Crippen molar-refractivity contribution >= 4 is 5.97 Å². The summed E-state index contributed by atoms with van der Waals surface area (Å²) in [4.78, 5) is 10.8. The summed E-state index contributed by atoms with van der Waals surface area (Å²) in [5.41, 5.74) is 1.93. The lowest BCUT2D eigenvalue weighted by Gasteiger charge is -2.00. The molecule has 4 nitrogen and oxygen atoms in total. The SMILES string of the molecule is CCc1oncc1-c1cccc(C(=O)O)c1. The van der Waals surface area contributed by atoms with Crippen LogP contribution in [0.15, 0.2) is 35.0 Å². The molecule has 1 aromatic carbocycles. The standard InChI is InChI=1S/C12H11NO3/c1-2-11-10(7-13-16-11)8-4-3-5-9(6-8)12(14)15/h3-7H,2H2,1H3,(H,14,15). The van der Waals surface area contributed by atoms with Crippen LogP contribution in [0.3, 0.4) is 0 Å². The molecule has 0 saturated heterocycles. The van der Waals surface area contributed by atoms with Gasteiger partial charge in [-0.25, -0.2) is 4.79 Å². The van der Waals surface area contributed by atoms with E-state index < -0.39 is 5.97 Å². The predicted molar refractivity (Wildman–Crippen MR) is 58.3 cm³/mol. The lowest BCUT2D eigenvalue weighted by Crippen LogP contribution is -1.95. The largest absolute Gasteiger partial charge is 0.478 e. The normalized spacial score (nSPS) is 10.3. The van der Waals surface area contributed by atoms with Crippen LogP contribution in [0.2, 0.25) is 0 Å². The van der Waals surface area contributed by atoms with E-state index in [0.29, 0.717) is 0 Å². The molecule has 4 heteroatoms. The van der Waals surface area contributed by atoms with Gasteiger partial charge < -0.3 is 9.63 Å². The fraction of sp³-hybridized carbons (Fsp3) is 0.167. The van der Waals surface area contributed by atoms with Crippen LogP contribution in [0.1, 0.15) is 23.0 Å². The van der Waals surface area contributed by atoms with E-state index in [2.05, 4.69) is 5.16 Å². The van der Waals surface area contributed by atoms with Crippen LogP contribution in [0.4, 0.5) is 0 Å². The van der Waals surface area contributed by atoms with E-state index in [1.807, 2.05) is 13.0 Å². The number of aryl methyl sites for hydroxylation is 1. The summed E-state index contributed by atoms with van der Waals surface area (Å²) in [5, 5.41) is 12.6. The fourth-order valence-corrected chi connectivity index (χ4v) is 1.57. The zero-order valence-electron chi connectivity index (χ0n) is 8.80. The van der Waals surface area contributed by atoms with Gasteiger partial charge in [-0.15, -0.1) is 0 Å². The van der Waals surface area contributed by atoms with Crippen molar-refractivity contribution in [1.29, 1.82) is 0 Å². The number of carbonyl (C=O) groups is 1. The third-order valence-corrected chi connectivity index (χ3v) is 2.39. The van der Waals surface area contributed by atoms with Crippen molar-refractivity contribution in [2.75, 3.05) is 0 Å². The highest BCUT2D eigenvalue weighted by Gasteiger charge is 2.10. The van der Waals surface area contributed by atoms with Crippen LogP contribution < -0.4 is 0 Å². The Morgan fingerprint density at radius 2 is 2.31 bits per heavy atom. The van der Waals surface area contributed by atoms with Crippen molar-refractivity contribution in [1.82, 2.24) is 5.16 Å². The number of benzene rings is 1. The number of carboxylic acid groups (broad SMARTS) is 1. The predicted octanol–water partition coefficient (Wildman–Crippen LogP) is 2.60. The van der Waals surface area contributed by atoms with Crippen molar-refractivity contribution in [2.24, 2.45) is 0 Å². The van der Waals surface area contributed by atoms with E-state index in [4.69, 9.17) is 9.63 Å². The van der Waals surface area contributed by atoms with Crippen molar-refractivity contribution in [2.45, 2.75) is 13.3 Å². The summed E-state index contributed by atoms with van der Waals surface area (Å²) in [6.45, 7) is 1.96. The van der Waals surface area contributed by atoms with Gasteiger partial charge in [-0.2, -0.15) is 0 Å². The highest BCUT2D eigenvalue weighted by Crippen LogP contribution is 2.24. The molecule has 0 saturated carbocycles. The summed E-state index contributed by atoms with van der Waals surface area (Å²) in [6, 6.07) is 6.74. The molecule has 0 fully saturated rings. The second kappa shape index (κ2) is 4.18. The molecule has 0 aliphatic rings. The molecule has 0 bridgehead atoms. The minimum atomic E-state index is -0.934.